The molecule has 16 heavy (non-hydrogen) atoms. The smallest absolute Gasteiger partial charge is 0.131 e. The molecule has 0 bridgehead atoms. The molecule has 1 fully saturated rings. The maximum atomic E-state index is 5.73. The molecule has 0 aliphatic carbocycles. The van der Waals surface area contributed by atoms with Crippen LogP contribution in [-0.4, -0.2) is 30.3 Å². The monoisotopic (exact) mass is 223 g/mol. The van der Waals surface area contributed by atoms with Crippen LogP contribution in [-0.2, 0) is 22.5 Å². The fourth-order valence-corrected chi connectivity index (χ4v) is 1.89. The number of aromatic nitrogens is 2. The molecule has 1 aliphatic rings. The van der Waals surface area contributed by atoms with Crippen LogP contribution in [0.1, 0.15) is 17.9 Å². The van der Waals surface area contributed by atoms with Crippen LogP contribution in [0.25, 0.3) is 0 Å². The fraction of sp³-hybridized carbons (Fsp3) is 0.636. The first-order valence-electron chi connectivity index (χ1n) is 5.47. The summed E-state index contributed by atoms with van der Waals surface area (Å²) in [4.78, 5) is 8.65. The topological polar surface area (TPSA) is 70.3 Å². The Morgan fingerprint density at radius 1 is 1.56 bits per heavy atom. The lowest BCUT2D eigenvalue weighted by Crippen LogP contribution is -2.10. The molecule has 2 rings (SSSR count). The molecule has 1 aliphatic heterocycles. The Hall–Kier alpha value is -1.20. The molecule has 0 aromatic carbocycles. The van der Waals surface area contributed by atoms with Gasteiger partial charge in [-0.05, 0) is 12.3 Å². The molecule has 5 nitrogen and oxygen atoms in total. The third-order valence-corrected chi connectivity index (χ3v) is 2.63. The number of rotatable bonds is 4. The van der Waals surface area contributed by atoms with Crippen LogP contribution in [0.2, 0.25) is 0 Å². The molecule has 5 heteroatoms. The van der Waals surface area contributed by atoms with Gasteiger partial charge in [0.2, 0.25) is 0 Å². The molecule has 0 amide bonds. The first-order chi connectivity index (χ1) is 7.78. The van der Waals surface area contributed by atoms with Crippen LogP contribution >= 0.6 is 0 Å². The lowest BCUT2D eigenvalue weighted by Gasteiger charge is -2.08. The number of ether oxygens (including phenoxy) is 2. The van der Waals surface area contributed by atoms with Gasteiger partial charge in [-0.1, -0.05) is 0 Å². The largest absolute Gasteiger partial charge is 0.384 e. The van der Waals surface area contributed by atoms with Gasteiger partial charge in [-0.15, -0.1) is 0 Å². The molecular weight excluding hydrogens is 206 g/mol. The van der Waals surface area contributed by atoms with E-state index in [9.17, 15) is 0 Å². The summed E-state index contributed by atoms with van der Waals surface area (Å²) in [6.07, 6.45) is 1.92. The predicted molar refractivity (Wildman–Crippen MR) is 59.8 cm³/mol. The maximum Gasteiger partial charge on any atom is 0.131 e. The average Bonchev–Trinajstić information content (AvgIpc) is 2.70. The zero-order chi connectivity index (χ0) is 11.4. The first kappa shape index (κ1) is 11.3. The van der Waals surface area contributed by atoms with Crippen LogP contribution in [0.5, 0.6) is 0 Å². The SMILES string of the molecule is COCc1cc(N)nc(CC2CCOC2)n1. The number of methoxy groups -OCH3 is 1. The summed E-state index contributed by atoms with van der Waals surface area (Å²) in [6, 6.07) is 1.75. The van der Waals surface area contributed by atoms with E-state index in [4.69, 9.17) is 15.2 Å². The van der Waals surface area contributed by atoms with Gasteiger partial charge in [0, 0.05) is 32.8 Å². The van der Waals surface area contributed by atoms with Crippen molar-refractivity contribution in [3.8, 4) is 0 Å². The average molecular weight is 223 g/mol. The molecule has 0 saturated carbocycles. The molecule has 1 aromatic heterocycles. The Balaban J connectivity index is 2.06. The fourth-order valence-electron chi connectivity index (χ4n) is 1.89. The number of nitrogens with zero attached hydrogens (tertiary/aromatic N) is 2. The number of anilines is 1. The normalized spacial score (nSPS) is 20.2. The predicted octanol–water partition coefficient (Wildman–Crippen LogP) is 0.784. The van der Waals surface area contributed by atoms with Gasteiger partial charge >= 0.3 is 0 Å². The molecule has 2 heterocycles. The van der Waals surface area contributed by atoms with Crippen LogP contribution in [0.3, 0.4) is 0 Å². The van der Waals surface area contributed by atoms with E-state index in [-0.39, 0.29) is 0 Å². The number of nitrogen functional groups attached to an aromatic ring is 1. The third kappa shape index (κ3) is 2.90. The van der Waals surface area contributed by atoms with E-state index in [1.165, 1.54) is 0 Å². The molecule has 1 aromatic rings. The van der Waals surface area contributed by atoms with Gasteiger partial charge in [-0.25, -0.2) is 9.97 Å². The van der Waals surface area contributed by atoms with Gasteiger partial charge in [-0.2, -0.15) is 0 Å². The number of nitrogens with two attached hydrogens (primary N) is 1. The summed E-state index contributed by atoms with van der Waals surface area (Å²) in [5.74, 6) is 1.83. The zero-order valence-electron chi connectivity index (χ0n) is 9.48. The molecule has 1 unspecified atom stereocenters. The minimum Gasteiger partial charge on any atom is -0.384 e. The van der Waals surface area contributed by atoms with Gasteiger partial charge in [0.25, 0.3) is 0 Å². The van der Waals surface area contributed by atoms with Crippen molar-refractivity contribution in [2.24, 2.45) is 5.92 Å². The Kier molecular flexibility index (Phi) is 3.69. The van der Waals surface area contributed by atoms with Crippen LogP contribution in [0.4, 0.5) is 5.82 Å². The summed E-state index contributed by atoms with van der Waals surface area (Å²) in [6.45, 7) is 2.12. The van der Waals surface area contributed by atoms with E-state index in [1.807, 2.05) is 0 Å². The number of hydrogen-bond acceptors (Lipinski definition) is 5. The Labute approximate surface area is 95.0 Å². The van der Waals surface area contributed by atoms with Crippen molar-refractivity contribution in [2.45, 2.75) is 19.4 Å². The highest BCUT2D eigenvalue weighted by molar-refractivity contribution is 5.29. The van der Waals surface area contributed by atoms with Gasteiger partial charge in [-0.3, -0.25) is 0 Å². The van der Waals surface area contributed by atoms with Crippen molar-refractivity contribution in [3.63, 3.8) is 0 Å². The van der Waals surface area contributed by atoms with Gasteiger partial charge in [0.15, 0.2) is 0 Å². The second kappa shape index (κ2) is 5.23. The van der Waals surface area contributed by atoms with Crippen molar-refractivity contribution >= 4 is 5.82 Å². The van der Waals surface area contributed by atoms with Crippen molar-refractivity contribution in [1.29, 1.82) is 0 Å². The maximum absolute atomic E-state index is 5.73. The lowest BCUT2D eigenvalue weighted by atomic mass is 10.0. The van der Waals surface area contributed by atoms with E-state index in [1.54, 1.807) is 13.2 Å². The standard InChI is InChI=1S/C11H17N3O2/c1-15-7-9-5-10(12)14-11(13-9)4-8-2-3-16-6-8/h5,8H,2-4,6-7H2,1H3,(H2,12,13,14). The van der Waals surface area contributed by atoms with E-state index >= 15 is 0 Å². The lowest BCUT2D eigenvalue weighted by molar-refractivity contribution is 0.180. The Bertz CT molecular complexity index is 351. The van der Waals surface area contributed by atoms with Crippen molar-refractivity contribution in [2.75, 3.05) is 26.1 Å². The highest BCUT2D eigenvalue weighted by Gasteiger charge is 2.17. The minimum atomic E-state index is 0.473. The van der Waals surface area contributed by atoms with E-state index in [0.29, 0.717) is 18.3 Å². The highest BCUT2D eigenvalue weighted by atomic mass is 16.5. The van der Waals surface area contributed by atoms with Crippen LogP contribution in [0.15, 0.2) is 6.07 Å². The summed E-state index contributed by atoms with van der Waals surface area (Å²) < 4.78 is 10.4. The summed E-state index contributed by atoms with van der Waals surface area (Å²) >= 11 is 0. The summed E-state index contributed by atoms with van der Waals surface area (Å²) in [5, 5.41) is 0. The quantitative estimate of drug-likeness (QED) is 0.817. The molecule has 1 saturated heterocycles. The molecule has 88 valence electrons. The molecular formula is C11H17N3O2. The van der Waals surface area contributed by atoms with Crippen molar-refractivity contribution in [1.82, 2.24) is 9.97 Å². The Morgan fingerprint density at radius 3 is 3.12 bits per heavy atom. The zero-order valence-corrected chi connectivity index (χ0v) is 9.48. The van der Waals surface area contributed by atoms with Crippen LogP contribution < -0.4 is 5.73 Å². The number of hydrogen-bond donors (Lipinski definition) is 1. The van der Waals surface area contributed by atoms with Crippen molar-refractivity contribution in [3.05, 3.63) is 17.6 Å². The van der Waals surface area contributed by atoms with Gasteiger partial charge < -0.3 is 15.2 Å². The second-order valence-corrected chi connectivity index (χ2v) is 4.07. The Morgan fingerprint density at radius 2 is 2.44 bits per heavy atom. The van der Waals surface area contributed by atoms with E-state index < -0.39 is 0 Å². The molecule has 2 N–H and O–H groups in total. The molecule has 1 atom stereocenters. The molecule has 0 spiro atoms. The first-order valence-corrected chi connectivity index (χ1v) is 5.47. The summed E-state index contributed by atoms with van der Waals surface area (Å²) in [5.41, 5.74) is 6.56. The van der Waals surface area contributed by atoms with Gasteiger partial charge in [0.05, 0.1) is 12.3 Å². The minimum absolute atomic E-state index is 0.473. The summed E-state index contributed by atoms with van der Waals surface area (Å²) in [7, 11) is 1.64. The van der Waals surface area contributed by atoms with Crippen LogP contribution in [0, 0.1) is 5.92 Å². The van der Waals surface area contributed by atoms with E-state index in [0.717, 1.165) is 37.6 Å². The third-order valence-electron chi connectivity index (χ3n) is 2.63. The van der Waals surface area contributed by atoms with E-state index in [2.05, 4.69) is 9.97 Å². The second-order valence-electron chi connectivity index (χ2n) is 4.07. The van der Waals surface area contributed by atoms with Gasteiger partial charge in [0.1, 0.15) is 11.6 Å². The van der Waals surface area contributed by atoms with Crippen molar-refractivity contribution < 1.29 is 9.47 Å². The highest BCUT2D eigenvalue weighted by Crippen LogP contribution is 2.17. The molecule has 0 radical (unpaired) electrons.